The van der Waals surface area contributed by atoms with E-state index < -0.39 is 0 Å². The standard InChI is InChI=1S/C5H9ClN2/c1-4-7-5(6)3-8(4)2/h5H,3H2,1-2H3. The van der Waals surface area contributed by atoms with Crippen LogP contribution in [-0.2, 0) is 0 Å². The fraction of sp³-hybridized carbons (Fsp3) is 0.800. The molecule has 0 aromatic carbocycles. The van der Waals surface area contributed by atoms with Crippen molar-refractivity contribution in [3.63, 3.8) is 0 Å². The highest BCUT2D eigenvalue weighted by Crippen LogP contribution is 2.08. The smallest absolute Gasteiger partial charge is 0.143 e. The SMILES string of the molecule is CC1=NC(Cl)CN1C. The van der Waals surface area contributed by atoms with Crippen LogP contribution in [0.25, 0.3) is 0 Å². The first-order valence-electron chi connectivity index (χ1n) is 2.60. The summed E-state index contributed by atoms with van der Waals surface area (Å²) in [6, 6.07) is 0. The van der Waals surface area contributed by atoms with E-state index in [1.165, 1.54) is 0 Å². The third-order valence-corrected chi connectivity index (χ3v) is 1.54. The molecule has 1 unspecified atom stereocenters. The molecule has 1 aliphatic rings. The third-order valence-electron chi connectivity index (χ3n) is 1.30. The van der Waals surface area contributed by atoms with Crippen LogP contribution >= 0.6 is 11.6 Å². The van der Waals surface area contributed by atoms with Gasteiger partial charge in [0, 0.05) is 7.05 Å². The highest BCUT2D eigenvalue weighted by molar-refractivity contribution is 6.21. The Balaban J connectivity index is 2.59. The lowest BCUT2D eigenvalue weighted by Gasteiger charge is -2.08. The monoisotopic (exact) mass is 132 g/mol. The molecule has 46 valence electrons. The summed E-state index contributed by atoms with van der Waals surface area (Å²) in [5.74, 6) is 1.03. The molecule has 0 aromatic heterocycles. The maximum atomic E-state index is 5.67. The lowest BCUT2D eigenvalue weighted by atomic mass is 10.6. The molecule has 0 aliphatic carbocycles. The molecule has 1 aliphatic heterocycles. The van der Waals surface area contributed by atoms with Crippen molar-refractivity contribution in [2.45, 2.75) is 12.4 Å². The summed E-state index contributed by atoms with van der Waals surface area (Å²) in [5.41, 5.74) is -0.0139. The lowest BCUT2D eigenvalue weighted by molar-refractivity contribution is 0.541. The fourth-order valence-electron chi connectivity index (χ4n) is 0.700. The number of hydrogen-bond donors (Lipinski definition) is 0. The van der Waals surface area contributed by atoms with Gasteiger partial charge in [0.15, 0.2) is 0 Å². The van der Waals surface area contributed by atoms with E-state index in [0.29, 0.717) is 0 Å². The van der Waals surface area contributed by atoms with Crippen molar-refractivity contribution in [1.29, 1.82) is 0 Å². The van der Waals surface area contributed by atoms with Gasteiger partial charge >= 0.3 is 0 Å². The molecule has 0 saturated heterocycles. The minimum Gasteiger partial charge on any atom is -0.360 e. The van der Waals surface area contributed by atoms with Crippen molar-refractivity contribution < 1.29 is 0 Å². The second kappa shape index (κ2) is 1.94. The molecule has 1 atom stereocenters. The Morgan fingerprint density at radius 1 is 1.88 bits per heavy atom. The second-order valence-electron chi connectivity index (χ2n) is 1.99. The number of alkyl halides is 1. The van der Waals surface area contributed by atoms with E-state index in [9.17, 15) is 0 Å². The fourth-order valence-corrected chi connectivity index (χ4v) is 1.05. The maximum absolute atomic E-state index is 5.67. The molecule has 0 fully saturated rings. The van der Waals surface area contributed by atoms with Crippen molar-refractivity contribution in [1.82, 2.24) is 4.90 Å². The number of nitrogens with zero attached hydrogens (tertiary/aromatic N) is 2. The number of amidine groups is 1. The van der Waals surface area contributed by atoms with Gasteiger partial charge in [-0.2, -0.15) is 0 Å². The van der Waals surface area contributed by atoms with Crippen LogP contribution in [0.15, 0.2) is 4.99 Å². The van der Waals surface area contributed by atoms with Gasteiger partial charge in [0.05, 0.1) is 12.4 Å². The Hall–Kier alpha value is -0.240. The van der Waals surface area contributed by atoms with Gasteiger partial charge in [0.25, 0.3) is 0 Å². The maximum Gasteiger partial charge on any atom is 0.143 e. The molecule has 0 spiro atoms. The van der Waals surface area contributed by atoms with Crippen LogP contribution < -0.4 is 0 Å². The number of rotatable bonds is 0. The number of aliphatic imine (C=N–C) groups is 1. The zero-order chi connectivity index (χ0) is 6.15. The predicted molar refractivity (Wildman–Crippen MR) is 35.4 cm³/mol. The summed E-state index contributed by atoms with van der Waals surface area (Å²) in [4.78, 5) is 6.12. The molecule has 1 heterocycles. The van der Waals surface area contributed by atoms with E-state index in [1.807, 2.05) is 18.9 Å². The first-order chi connectivity index (χ1) is 3.70. The molecular weight excluding hydrogens is 124 g/mol. The van der Waals surface area contributed by atoms with Crippen LogP contribution in [0, 0.1) is 0 Å². The minimum atomic E-state index is -0.0139. The van der Waals surface area contributed by atoms with E-state index in [2.05, 4.69) is 4.99 Å². The topological polar surface area (TPSA) is 15.6 Å². The molecule has 2 nitrogen and oxygen atoms in total. The summed E-state index contributed by atoms with van der Waals surface area (Å²) in [6.07, 6.45) is 0. The van der Waals surface area contributed by atoms with Crippen LogP contribution in [0.1, 0.15) is 6.92 Å². The van der Waals surface area contributed by atoms with Gasteiger partial charge in [0.1, 0.15) is 5.50 Å². The Morgan fingerprint density at radius 2 is 2.50 bits per heavy atom. The van der Waals surface area contributed by atoms with Crippen molar-refractivity contribution in [3.05, 3.63) is 0 Å². The van der Waals surface area contributed by atoms with Crippen LogP contribution in [-0.4, -0.2) is 29.8 Å². The highest BCUT2D eigenvalue weighted by atomic mass is 35.5. The molecule has 0 N–H and O–H groups in total. The Labute approximate surface area is 54.2 Å². The molecule has 1 rings (SSSR count). The quantitative estimate of drug-likeness (QED) is 0.354. The molecule has 0 amide bonds. The van der Waals surface area contributed by atoms with Gasteiger partial charge in [-0.05, 0) is 6.92 Å². The van der Waals surface area contributed by atoms with Gasteiger partial charge in [0.2, 0.25) is 0 Å². The van der Waals surface area contributed by atoms with E-state index in [0.717, 1.165) is 12.4 Å². The average molecular weight is 133 g/mol. The zero-order valence-corrected chi connectivity index (χ0v) is 5.81. The summed E-state index contributed by atoms with van der Waals surface area (Å²) < 4.78 is 0. The molecule has 0 radical (unpaired) electrons. The second-order valence-corrected chi connectivity index (χ2v) is 2.50. The van der Waals surface area contributed by atoms with Gasteiger partial charge in [-0.25, -0.2) is 0 Å². The van der Waals surface area contributed by atoms with Gasteiger partial charge < -0.3 is 4.90 Å². The van der Waals surface area contributed by atoms with Gasteiger partial charge in [-0.1, -0.05) is 11.6 Å². The van der Waals surface area contributed by atoms with Crippen LogP contribution in [0.2, 0.25) is 0 Å². The van der Waals surface area contributed by atoms with Crippen LogP contribution in [0.3, 0.4) is 0 Å². The largest absolute Gasteiger partial charge is 0.360 e. The minimum absolute atomic E-state index is 0.0139. The van der Waals surface area contributed by atoms with Gasteiger partial charge in [-0.15, -0.1) is 0 Å². The van der Waals surface area contributed by atoms with Crippen LogP contribution in [0.4, 0.5) is 0 Å². The molecular formula is C5H9ClN2. The molecule has 0 bridgehead atoms. The molecule has 8 heavy (non-hydrogen) atoms. The van der Waals surface area contributed by atoms with Crippen LogP contribution in [0.5, 0.6) is 0 Å². The third kappa shape index (κ3) is 0.944. The van der Waals surface area contributed by atoms with Crippen molar-refractivity contribution >= 4 is 17.4 Å². The molecule has 0 aromatic rings. The Bertz CT molecular complexity index is 122. The highest BCUT2D eigenvalue weighted by Gasteiger charge is 2.14. The normalized spacial score (nSPS) is 28.6. The van der Waals surface area contributed by atoms with Crippen molar-refractivity contribution in [3.8, 4) is 0 Å². The number of hydrogen-bond acceptors (Lipinski definition) is 2. The summed E-state index contributed by atoms with van der Waals surface area (Å²) in [5, 5.41) is 0. The van der Waals surface area contributed by atoms with E-state index >= 15 is 0 Å². The average Bonchev–Trinajstić information content (AvgIpc) is 1.85. The van der Waals surface area contributed by atoms with Gasteiger partial charge in [-0.3, -0.25) is 4.99 Å². The van der Waals surface area contributed by atoms with Crippen molar-refractivity contribution in [2.75, 3.05) is 13.6 Å². The van der Waals surface area contributed by atoms with E-state index in [-0.39, 0.29) is 5.50 Å². The first kappa shape index (κ1) is 5.89. The molecule has 0 saturated carbocycles. The molecule has 3 heteroatoms. The Kier molecular flexibility index (Phi) is 1.43. The first-order valence-corrected chi connectivity index (χ1v) is 3.03. The zero-order valence-electron chi connectivity index (χ0n) is 5.06. The summed E-state index contributed by atoms with van der Waals surface area (Å²) in [7, 11) is 1.99. The van der Waals surface area contributed by atoms with E-state index in [4.69, 9.17) is 11.6 Å². The summed E-state index contributed by atoms with van der Waals surface area (Å²) in [6.45, 7) is 2.82. The number of likely N-dealkylation sites (N-methyl/N-ethyl adjacent to an activating group) is 1. The van der Waals surface area contributed by atoms with Crippen molar-refractivity contribution in [2.24, 2.45) is 4.99 Å². The van der Waals surface area contributed by atoms with E-state index in [1.54, 1.807) is 0 Å². The lowest BCUT2D eigenvalue weighted by Crippen LogP contribution is -2.20. The predicted octanol–water partition coefficient (Wildman–Crippen LogP) is 0.915. The summed E-state index contributed by atoms with van der Waals surface area (Å²) >= 11 is 5.67. The Morgan fingerprint density at radius 3 is 2.62 bits per heavy atom. The number of halogens is 1.